The molecular formula is C15H22N4O2. The van der Waals surface area contributed by atoms with Crippen LogP contribution in [-0.4, -0.2) is 27.5 Å². The van der Waals surface area contributed by atoms with Gasteiger partial charge in [0, 0.05) is 0 Å². The summed E-state index contributed by atoms with van der Waals surface area (Å²) in [6.07, 6.45) is 0.677. The number of aliphatic imine (C=N–C) groups is 1. The molecule has 0 aromatic heterocycles. The molecule has 1 heterocycles. The van der Waals surface area contributed by atoms with Crippen molar-refractivity contribution in [2.45, 2.75) is 39.3 Å². The van der Waals surface area contributed by atoms with E-state index in [-0.39, 0.29) is 11.9 Å². The van der Waals surface area contributed by atoms with Gasteiger partial charge in [-0.1, -0.05) is 26.0 Å². The average Bonchev–Trinajstić information content (AvgIpc) is 2.62. The van der Waals surface area contributed by atoms with Crippen molar-refractivity contribution < 1.29 is 10.0 Å². The van der Waals surface area contributed by atoms with Gasteiger partial charge in [0.2, 0.25) is 0 Å². The highest BCUT2D eigenvalue weighted by Gasteiger charge is 2.43. The lowest BCUT2D eigenvalue weighted by molar-refractivity contribution is -0.131. The van der Waals surface area contributed by atoms with E-state index in [1.54, 1.807) is 12.1 Å². The Hall–Kier alpha value is -2.08. The molecule has 1 atom stereocenters. The Morgan fingerprint density at radius 2 is 2.00 bits per heavy atom. The van der Waals surface area contributed by atoms with Gasteiger partial charge in [0.25, 0.3) is 5.91 Å². The molecule has 0 saturated carbocycles. The third kappa shape index (κ3) is 3.16. The van der Waals surface area contributed by atoms with Crippen LogP contribution in [0.3, 0.4) is 0 Å². The lowest BCUT2D eigenvalue weighted by Gasteiger charge is -2.23. The van der Waals surface area contributed by atoms with E-state index in [4.69, 9.17) is 10.9 Å². The van der Waals surface area contributed by atoms with E-state index in [1.165, 1.54) is 4.90 Å². The van der Waals surface area contributed by atoms with E-state index in [2.05, 4.69) is 24.3 Å². The minimum Gasteiger partial charge on any atom is -0.369 e. The number of hydrogen-bond donors (Lipinski definition) is 3. The van der Waals surface area contributed by atoms with Crippen molar-refractivity contribution in [2.24, 2.45) is 16.6 Å². The van der Waals surface area contributed by atoms with Gasteiger partial charge in [0.1, 0.15) is 5.54 Å². The Bertz CT molecular complexity index is 553. The molecule has 4 N–H and O–H groups in total. The molecule has 0 radical (unpaired) electrons. The summed E-state index contributed by atoms with van der Waals surface area (Å²) in [7, 11) is 0. The summed E-state index contributed by atoms with van der Waals surface area (Å²) in [5.41, 5.74) is 8.76. The van der Waals surface area contributed by atoms with Crippen molar-refractivity contribution in [3.05, 3.63) is 29.8 Å². The molecule has 6 heteroatoms. The summed E-state index contributed by atoms with van der Waals surface area (Å²) >= 11 is 0. The Morgan fingerprint density at radius 1 is 1.38 bits per heavy atom. The van der Waals surface area contributed by atoms with Crippen molar-refractivity contribution in [2.75, 3.05) is 5.48 Å². The van der Waals surface area contributed by atoms with Crippen LogP contribution in [0.2, 0.25) is 0 Å². The number of carbonyl (C=O) groups excluding carboxylic acids is 1. The predicted molar refractivity (Wildman–Crippen MR) is 81.9 cm³/mol. The minimum absolute atomic E-state index is 0.0574. The molecule has 0 fully saturated rings. The van der Waals surface area contributed by atoms with Crippen LogP contribution in [-0.2, 0) is 11.3 Å². The molecule has 1 aliphatic heterocycles. The van der Waals surface area contributed by atoms with Crippen molar-refractivity contribution in [3.63, 3.8) is 0 Å². The highest BCUT2D eigenvalue weighted by molar-refractivity contribution is 6.06. The quantitative estimate of drug-likeness (QED) is 0.723. The smallest absolute Gasteiger partial charge is 0.257 e. The first-order chi connectivity index (χ1) is 9.85. The number of guanidine groups is 1. The van der Waals surface area contributed by atoms with Crippen LogP contribution in [0, 0.1) is 5.92 Å². The summed E-state index contributed by atoms with van der Waals surface area (Å²) < 4.78 is 0. The molecule has 1 aromatic carbocycles. The first-order valence-corrected chi connectivity index (χ1v) is 7.02. The Morgan fingerprint density at radius 3 is 2.52 bits per heavy atom. The van der Waals surface area contributed by atoms with E-state index in [0.717, 1.165) is 5.56 Å². The van der Waals surface area contributed by atoms with E-state index < -0.39 is 5.54 Å². The molecule has 0 aliphatic carbocycles. The largest absolute Gasteiger partial charge is 0.369 e. The van der Waals surface area contributed by atoms with Crippen LogP contribution in [0.5, 0.6) is 0 Å². The maximum atomic E-state index is 12.6. The lowest BCUT2D eigenvalue weighted by atomic mass is 9.91. The molecule has 1 aromatic rings. The number of anilines is 1. The van der Waals surface area contributed by atoms with Crippen LogP contribution in [0.15, 0.2) is 29.3 Å². The number of benzene rings is 1. The monoisotopic (exact) mass is 290 g/mol. The molecule has 21 heavy (non-hydrogen) atoms. The third-order valence-electron chi connectivity index (χ3n) is 3.57. The highest BCUT2D eigenvalue weighted by Crippen LogP contribution is 2.29. The van der Waals surface area contributed by atoms with Crippen LogP contribution in [0.4, 0.5) is 5.69 Å². The number of hydrogen-bond acceptors (Lipinski definition) is 5. The molecular weight excluding hydrogens is 268 g/mol. The van der Waals surface area contributed by atoms with Gasteiger partial charge in [-0.25, -0.2) is 4.99 Å². The highest BCUT2D eigenvalue weighted by atomic mass is 16.5. The van der Waals surface area contributed by atoms with E-state index in [9.17, 15) is 4.79 Å². The molecule has 114 valence electrons. The summed E-state index contributed by atoms with van der Waals surface area (Å²) in [4.78, 5) is 18.5. The lowest BCUT2D eigenvalue weighted by Crippen LogP contribution is -2.43. The number of nitrogens with one attached hydrogen (secondary N) is 1. The zero-order valence-electron chi connectivity index (χ0n) is 12.6. The fourth-order valence-corrected chi connectivity index (χ4v) is 2.70. The fourth-order valence-electron chi connectivity index (χ4n) is 2.70. The van der Waals surface area contributed by atoms with Crippen molar-refractivity contribution in [1.82, 2.24) is 4.90 Å². The van der Waals surface area contributed by atoms with Gasteiger partial charge in [-0.2, -0.15) is 0 Å². The zero-order chi connectivity index (χ0) is 15.6. The van der Waals surface area contributed by atoms with Crippen LogP contribution in [0.1, 0.15) is 32.8 Å². The molecule has 0 spiro atoms. The topological polar surface area (TPSA) is 90.9 Å². The SMILES string of the molecule is CC(C)CC1(C)N=C(N)N(Cc2ccc(NO)cc2)C1=O. The average molecular weight is 290 g/mol. The first-order valence-electron chi connectivity index (χ1n) is 7.02. The van der Waals surface area contributed by atoms with Crippen LogP contribution in [0.25, 0.3) is 0 Å². The Kier molecular flexibility index (Phi) is 4.18. The molecule has 2 rings (SSSR count). The van der Waals surface area contributed by atoms with Gasteiger partial charge in [-0.3, -0.25) is 20.4 Å². The van der Waals surface area contributed by atoms with Gasteiger partial charge >= 0.3 is 0 Å². The third-order valence-corrected chi connectivity index (χ3v) is 3.57. The maximum Gasteiger partial charge on any atom is 0.257 e. The number of nitrogens with two attached hydrogens (primary N) is 1. The summed E-state index contributed by atoms with van der Waals surface area (Å²) in [5.74, 6) is 0.580. The second kappa shape index (κ2) is 5.73. The van der Waals surface area contributed by atoms with Gasteiger partial charge in [-0.05, 0) is 37.0 Å². The van der Waals surface area contributed by atoms with Crippen molar-refractivity contribution >= 4 is 17.6 Å². The minimum atomic E-state index is -0.759. The maximum absolute atomic E-state index is 12.6. The Balaban J connectivity index is 2.14. The van der Waals surface area contributed by atoms with Crippen LogP contribution < -0.4 is 11.2 Å². The van der Waals surface area contributed by atoms with Gasteiger partial charge in [0.15, 0.2) is 5.96 Å². The number of nitrogens with zero attached hydrogens (tertiary/aromatic N) is 2. The molecule has 1 unspecified atom stereocenters. The summed E-state index contributed by atoms with van der Waals surface area (Å²) in [6.45, 7) is 6.34. The van der Waals surface area contributed by atoms with Gasteiger partial charge in [-0.15, -0.1) is 0 Å². The van der Waals surface area contributed by atoms with Gasteiger partial charge < -0.3 is 5.73 Å². The predicted octanol–water partition coefficient (Wildman–Crippen LogP) is 1.95. The number of rotatable bonds is 5. The van der Waals surface area contributed by atoms with Gasteiger partial charge in [0.05, 0.1) is 12.2 Å². The van der Waals surface area contributed by atoms with Crippen molar-refractivity contribution in [3.8, 4) is 0 Å². The first kappa shape index (κ1) is 15.3. The molecule has 6 nitrogen and oxygen atoms in total. The van der Waals surface area contributed by atoms with E-state index in [0.29, 0.717) is 24.6 Å². The van der Waals surface area contributed by atoms with E-state index in [1.807, 2.05) is 19.1 Å². The second-order valence-electron chi connectivity index (χ2n) is 6.04. The molecule has 0 bridgehead atoms. The van der Waals surface area contributed by atoms with Crippen LogP contribution >= 0.6 is 0 Å². The molecule has 1 aliphatic rings. The van der Waals surface area contributed by atoms with Crippen molar-refractivity contribution in [1.29, 1.82) is 0 Å². The fraction of sp³-hybridized carbons (Fsp3) is 0.467. The molecule has 0 saturated heterocycles. The summed E-state index contributed by atoms with van der Waals surface area (Å²) in [6, 6.07) is 7.13. The molecule has 1 amide bonds. The van der Waals surface area contributed by atoms with E-state index >= 15 is 0 Å². The Labute approximate surface area is 124 Å². The number of amides is 1. The normalized spacial score (nSPS) is 21.9. The summed E-state index contributed by atoms with van der Waals surface area (Å²) in [5, 5.41) is 8.80. The second-order valence-corrected chi connectivity index (χ2v) is 6.04. The standard InChI is InChI=1S/C15H22N4O2/c1-10(2)8-15(3)13(20)19(14(16)17-15)9-11-4-6-12(18-21)7-5-11/h4-7,10,18,21H,8-9H2,1-3H3,(H2,16,17). The number of carbonyl (C=O) groups is 1. The zero-order valence-corrected chi connectivity index (χ0v) is 12.6.